The van der Waals surface area contributed by atoms with Gasteiger partial charge in [0.1, 0.15) is 6.04 Å². The van der Waals surface area contributed by atoms with Crippen molar-refractivity contribution in [3.8, 4) is 0 Å². The van der Waals surface area contributed by atoms with Gasteiger partial charge in [0, 0.05) is 0 Å². The van der Waals surface area contributed by atoms with E-state index in [0.717, 1.165) is 6.42 Å². The third-order valence-electron chi connectivity index (χ3n) is 4.04. The molecule has 1 aliphatic rings. The molecule has 2 N–H and O–H groups in total. The predicted molar refractivity (Wildman–Crippen MR) is 78.5 cm³/mol. The Labute approximate surface area is 113 Å². The first-order valence-electron chi connectivity index (χ1n) is 7.43. The lowest BCUT2D eigenvalue weighted by molar-refractivity contribution is -0.139. The minimum atomic E-state index is -0.723. The van der Waals surface area contributed by atoms with Crippen molar-refractivity contribution >= 4 is 15.4 Å². The van der Waals surface area contributed by atoms with E-state index in [4.69, 9.17) is 5.11 Å². The van der Waals surface area contributed by atoms with Gasteiger partial charge in [0.05, 0.1) is 0 Å². The van der Waals surface area contributed by atoms with Crippen molar-refractivity contribution in [2.24, 2.45) is 5.92 Å². The van der Waals surface area contributed by atoms with E-state index >= 15 is 0 Å². The van der Waals surface area contributed by atoms with E-state index in [9.17, 15) is 4.79 Å². The van der Waals surface area contributed by atoms with E-state index in [0.29, 0.717) is 5.92 Å². The topological polar surface area (TPSA) is 49.3 Å². The van der Waals surface area contributed by atoms with E-state index < -0.39 is 12.0 Å². The number of carboxylic acids is 1. The second-order valence-electron chi connectivity index (χ2n) is 5.56. The summed E-state index contributed by atoms with van der Waals surface area (Å²) in [4.78, 5) is 11.1. The quantitative estimate of drug-likeness (QED) is 0.767. The van der Waals surface area contributed by atoms with Crippen molar-refractivity contribution in [1.29, 1.82) is 0 Å². The van der Waals surface area contributed by atoms with Gasteiger partial charge in [-0.1, -0.05) is 73.6 Å². The van der Waals surface area contributed by atoms with Crippen LogP contribution < -0.4 is 5.09 Å². The fourth-order valence-corrected chi connectivity index (χ4v) is 3.16. The molecule has 0 spiro atoms. The van der Waals surface area contributed by atoms with Crippen LogP contribution in [0.1, 0.15) is 70.6 Å². The lowest BCUT2D eigenvalue weighted by Crippen LogP contribution is -2.32. The second kappa shape index (κ2) is 9.75. The number of hydrogen-bond acceptors (Lipinski definition) is 2. The summed E-state index contributed by atoms with van der Waals surface area (Å²) in [7, 11) is 2.35. The molecule has 106 valence electrons. The summed E-state index contributed by atoms with van der Waals surface area (Å²) in [6.07, 6.45) is 13.9. The fourth-order valence-electron chi connectivity index (χ4n) is 2.88. The molecule has 0 aromatic heterocycles. The van der Waals surface area contributed by atoms with E-state index in [1.54, 1.807) is 0 Å². The molecule has 2 unspecified atom stereocenters. The Bertz CT molecular complexity index is 224. The van der Waals surface area contributed by atoms with Gasteiger partial charge in [-0.05, 0) is 12.3 Å². The highest BCUT2D eigenvalue weighted by Crippen LogP contribution is 2.25. The Morgan fingerprint density at radius 1 is 1.06 bits per heavy atom. The molecular formula is C14H28NO2P. The molecule has 0 aliphatic heterocycles. The number of carbonyl (C=O) groups is 1. The molecule has 1 rings (SSSR count). The molecule has 3 nitrogen and oxygen atoms in total. The third-order valence-corrected chi connectivity index (χ3v) is 4.45. The van der Waals surface area contributed by atoms with Gasteiger partial charge in [-0.15, -0.1) is 0 Å². The average Bonchev–Trinajstić information content (AvgIpc) is 2.41. The van der Waals surface area contributed by atoms with Crippen molar-refractivity contribution in [1.82, 2.24) is 5.09 Å². The average molecular weight is 273 g/mol. The molecule has 18 heavy (non-hydrogen) atoms. The van der Waals surface area contributed by atoms with Crippen LogP contribution in [0.5, 0.6) is 0 Å². The highest BCUT2D eigenvalue weighted by molar-refractivity contribution is 7.13. The molecule has 0 saturated heterocycles. The Balaban J connectivity index is 2.40. The van der Waals surface area contributed by atoms with Crippen molar-refractivity contribution in [3.05, 3.63) is 0 Å². The van der Waals surface area contributed by atoms with Crippen molar-refractivity contribution in [2.75, 3.05) is 0 Å². The van der Waals surface area contributed by atoms with E-state index in [2.05, 4.69) is 14.5 Å². The lowest BCUT2D eigenvalue weighted by atomic mass is 9.89. The molecule has 1 fully saturated rings. The predicted octanol–water partition coefficient (Wildman–Crippen LogP) is 3.74. The van der Waals surface area contributed by atoms with Crippen molar-refractivity contribution in [3.63, 3.8) is 0 Å². The molecule has 4 heteroatoms. The Morgan fingerprint density at radius 2 is 1.50 bits per heavy atom. The van der Waals surface area contributed by atoms with Gasteiger partial charge in [0.25, 0.3) is 0 Å². The maximum absolute atomic E-state index is 11.1. The van der Waals surface area contributed by atoms with Crippen molar-refractivity contribution in [2.45, 2.75) is 76.7 Å². The number of hydrogen-bond donors (Lipinski definition) is 2. The van der Waals surface area contributed by atoms with Crippen LogP contribution in [0.15, 0.2) is 0 Å². The lowest BCUT2D eigenvalue weighted by Gasteiger charge is -2.20. The Kier molecular flexibility index (Phi) is 8.62. The molecule has 0 radical (unpaired) electrons. The van der Waals surface area contributed by atoms with Crippen molar-refractivity contribution < 1.29 is 9.90 Å². The normalized spacial score (nSPS) is 22.1. The second-order valence-corrected chi connectivity index (χ2v) is 5.90. The van der Waals surface area contributed by atoms with Crippen LogP contribution in [0.25, 0.3) is 0 Å². The van der Waals surface area contributed by atoms with Crippen LogP contribution in [0, 0.1) is 5.92 Å². The maximum atomic E-state index is 11.1. The standard InChI is InChI=1S/C14H28NO2P/c16-14(17)13(15-18)11-12-9-7-5-3-1-2-4-6-8-10-12/h12-13,15H,1-11,18H2,(H,16,17). The largest absolute Gasteiger partial charge is 0.480 e. The van der Waals surface area contributed by atoms with Gasteiger partial charge in [-0.2, -0.15) is 0 Å². The molecular weight excluding hydrogens is 245 g/mol. The van der Waals surface area contributed by atoms with Crippen LogP contribution in [-0.2, 0) is 4.79 Å². The molecule has 0 aromatic rings. The zero-order valence-electron chi connectivity index (χ0n) is 11.4. The van der Waals surface area contributed by atoms with Crippen LogP contribution in [0.2, 0.25) is 0 Å². The fraction of sp³-hybridized carbons (Fsp3) is 0.929. The highest BCUT2D eigenvalue weighted by Gasteiger charge is 2.20. The first-order valence-corrected chi connectivity index (χ1v) is 8.00. The van der Waals surface area contributed by atoms with Gasteiger partial charge in [-0.3, -0.25) is 9.88 Å². The minimum absolute atomic E-state index is 0.398. The van der Waals surface area contributed by atoms with Gasteiger partial charge >= 0.3 is 5.97 Å². The number of carboxylic acid groups (broad SMARTS) is 1. The molecule has 0 amide bonds. The van der Waals surface area contributed by atoms with E-state index in [-0.39, 0.29) is 0 Å². The van der Waals surface area contributed by atoms with E-state index in [1.165, 1.54) is 64.2 Å². The summed E-state index contributed by atoms with van der Waals surface area (Å²) < 4.78 is 0. The molecule has 0 aromatic carbocycles. The minimum Gasteiger partial charge on any atom is -0.480 e. The summed E-state index contributed by atoms with van der Waals surface area (Å²) in [6.45, 7) is 0. The van der Waals surface area contributed by atoms with Gasteiger partial charge < -0.3 is 5.11 Å². The Morgan fingerprint density at radius 3 is 1.89 bits per heavy atom. The molecule has 0 heterocycles. The molecule has 1 aliphatic carbocycles. The molecule has 1 saturated carbocycles. The number of aliphatic carboxylic acids is 1. The number of rotatable bonds is 4. The summed E-state index contributed by atoms with van der Waals surface area (Å²) in [5.74, 6) is -0.142. The van der Waals surface area contributed by atoms with Gasteiger partial charge in [-0.25, -0.2) is 0 Å². The monoisotopic (exact) mass is 273 g/mol. The van der Waals surface area contributed by atoms with Crippen LogP contribution in [-0.4, -0.2) is 17.1 Å². The summed E-state index contributed by atoms with van der Waals surface area (Å²) in [5, 5.41) is 11.9. The summed E-state index contributed by atoms with van der Waals surface area (Å²) >= 11 is 0. The molecule has 2 atom stereocenters. The van der Waals surface area contributed by atoms with Crippen LogP contribution in [0.4, 0.5) is 0 Å². The molecule has 0 bridgehead atoms. The van der Waals surface area contributed by atoms with Gasteiger partial charge in [0.2, 0.25) is 0 Å². The first kappa shape index (κ1) is 15.9. The number of nitrogens with one attached hydrogen (secondary N) is 1. The van der Waals surface area contributed by atoms with E-state index in [1.807, 2.05) is 0 Å². The highest BCUT2D eigenvalue weighted by atomic mass is 31.0. The maximum Gasteiger partial charge on any atom is 0.320 e. The van der Waals surface area contributed by atoms with Gasteiger partial charge in [0.15, 0.2) is 0 Å². The van der Waals surface area contributed by atoms with Crippen LogP contribution >= 0.6 is 9.39 Å². The SMILES string of the molecule is O=C(O)C(CC1CCCCCCCCCC1)NP. The zero-order valence-corrected chi connectivity index (χ0v) is 12.5. The smallest absolute Gasteiger partial charge is 0.320 e. The summed E-state index contributed by atoms with van der Waals surface area (Å²) in [6, 6.07) is -0.398. The third kappa shape index (κ3) is 6.70. The first-order chi connectivity index (χ1) is 8.74. The van der Waals surface area contributed by atoms with Crippen LogP contribution in [0.3, 0.4) is 0 Å². The Hall–Kier alpha value is -0.140. The zero-order chi connectivity index (χ0) is 13.2. The summed E-state index contributed by atoms with van der Waals surface area (Å²) in [5.41, 5.74) is 0.